The van der Waals surface area contributed by atoms with Crippen LogP contribution in [0.2, 0.25) is 5.02 Å². The van der Waals surface area contributed by atoms with Crippen LogP contribution in [-0.4, -0.2) is 43.7 Å². The predicted molar refractivity (Wildman–Crippen MR) is 113 cm³/mol. The van der Waals surface area contributed by atoms with Gasteiger partial charge >= 0.3 is 0 Å². The van der Waals surface area contributed by atoms with Crippen molar-refractivity contribution in [2.45, 2.75) is 56.3 Å². The molecule has 2 saturated heterocycles. The molecule has 3 aromatic rings. The van der Waals surface area contributed by atoms with Crippen molar-refractivity contribution in [1.82, 2.24) is 19.9 Å². The molecular weight excluding hydrogens is 432 g/mol. The zero-order valence-corrected chi connectivity index (χ0v) is 17.9. The van der Waals surface area contributed by atoms with Gasteiger partial charge in [-0.1, -0.05) is 11.6 Å². The minimum atomic E-state index is -0.779. The van der Waals surface area contributed by atoms with E-state index in [-0.39, 0.29) is 24.3 Å². The molecule has 2 aromatic heterocycles. The van der Waals surface area contributed by atoms with Gasteiger partial charge in [0, 0.05) is 35.8 Å². The number of rotatable bonds is 5. The van der Waals surface area contributed by atoms with E-state index < -0.39 is 5.60 Å². The Bertz CT molecular complexity index is 1130. The predicted octanol–water partition coefficient (Wildman–Crippen LogP) is 3.92. The molecule has 1 amide bonds. The van der Waals surface area contributed by atoms with Gasteiger partial charge in [0.05, 0.1) is 36.8 Å². The maximum Gasteiger partial charge on any atom is 0.257 e. The normalized spacial score (nSPS) is 28.8. The van der Waals surface area contributed by atoms with E-state index in [4.69, 9.17) is 25.5 Å². The Labute approximate surface area is 189 Å². The van der Waals surface area contributed by atoms with Crippen molar-refractivity contribution in [3.63, 3.8) is 0 Å². The molecule has 0 N–H and O–H groups in total. The van der Waals surface area contributed by atoms with E-state index >= 15 is 0 Å². The lowest BCUT2D eigenvalue weighted by atomic mass is 9.76. The summed E-state index contributed by atoms with van der Waals surface area (Å²) in [6, 6.07) is 5.50. The molecule has 1 unspecified atom stereocenters. The number of fused-ring (bicyclic) bond motifs is 1. The maximum atomic E-state index is 13.3. The minimum Gasteiger partial charge on any atom is -0.444 e. The third kappa shape index (κ3) is 3.21. The van der Waals surface area contributed by atoms with E-state index in [1.165, 1.54) is 6.39 Å². The first-order valence-electron chi connectivity index (χ1n) is 10.7. The topological polar surface area (TPSA) is 90.6 Å². The highest BCUT2D eigenvalue weighted by Gasteiger charge is 2.63. The second-order valence-electron chi connectivity index (χ2n) is 8.51. The maximum absolute atomic E-state index is 13.3. The van der Waals surface area contributed by atoms with E-state index in [2.05, 4.69) is 15.0 Å². The van der Waals surface area contributed by atoms with Gasteiger partial charge in [-0.05, 0) is 36.6 Å². The summed E-state index contributed by atoms with van der Waals surface area (Å²) in [6.07, 6.45) is 10.6. The summed E-state index contributed by atoms with van der Waals surface area (Å²) >= 11 is 6.20. The van der Waals surface area contributed by atoms with Crippen molar-refractivity contribution in [3.05, 3.63) is 65.7 Å². The van der Waals surface area contributed by atoms with Gasteiger partial charge in [0.1, 0.15) is 6.23 Å². The van der Waals surface area contributed by atoms with Crippen LogP contribution in [-0.2, 0) is 20.9 Å². The molecule has 8 nitrogen and oxygen atoms in total. The van der Waals surface area contributed by atoms with Crippen LogP contribution in [0.5, 0.6) is 0 Å². The van der Waals surface area contributed by atoms with E-state index in [0.717, 1.165) is 29.7 Å². The fraction of sp³-hybridized carbons (Fsp3) is 0.391. The average Bonchev–Trinajstić information content (AvgIpc) is 3.50. The second kappa shape index (κ2) is 7.65. The molecule has 1 spiro atoms. The molecule has 6 rings (SSSR count). The monoisotopic (exact) mass is 452 g/mol. The Hall–Kier alpha value is -2.81. The van der Waals surface area contributed by atoms with Gasteiger partial charge in [-0.3, -0.25) is 14.8 Å². The first-order valence-corrected chi connectivity index (χ1v) is 11.1. The highest BCUT2D eigenvalue weighted by Crippen LogP contribution is 2.51. The fourth-order valence-corrected chi connectivity index (χ4v) is 5.22. The molecule has 2 atom stereocenters. The van der Waals surface area contributed by atoms with Crippen LogP contribution in [0.25, 0.3) is 11.3 Å². The van der Waals surface area contributed by atoms with Crippen molar-refractivity contribution >= 4 is 17.5 Å². The molecule has 2 aliphatic heterocycles. The molecule has 1 aromatic carbocycles. The zero-order valence-electron chi connectivity index (χ0n) is 17.2. The second-order valence-corrected chi connectivity index (χ2v) is 8.95. The molecule has 0 radical (unpaired) electrons. The third-order valence-corrected chi connectivity index (χ3v) is 6.83. The third-order valence-electron chi connectivity index (χ3n) is 6.60. The van der Waals surface area contributed by atoms with Crippen molar-refractivity contribution in [3.8, 4) is 11.3 Å². The van der Waals surface area contributed by atoms with Gasteiger partial charge in [0.25, 0.3) is 5.91 Å². The minimum absolute atomic E-state index is 0.0422. The number of amides is 1. The first-order chi connectivity index (χ1) is 15.6. The number of hydrogen-bond donors (Lipinski definition) is 0. The number of nitrogens with zero attached hydrogens (tertiary/aromatic N) is 4. The van der Waals surface area contributed by atoms with Gasteiger partial charge in [0.15, 0.2) is 17.8 Å². The number of benzene rings is 1. The molecular formula is C23H21ClN4O4. The molecule has 164 valence electrons. The van der Waals surface area contributed by atoms with Gasteiger partial charge in [-0.25, -0.2) is 4.98 Å². The van der Waals surface area contributed by atoms with Crippen LogP contribution < -0.4 is 0 Å². The van der Waals surface area contributed by atoms with Crippen molar-refractivity contribution in [1.29, 1.82) is 0 Å². The summed E-state index contributed by atoms with van der Waals surface area (Å²) in [5, 5.41) is 0.627. The Morgan fingerprint density at radius 1 is 1.19 bits per heavy atom. The molecule has 0 bridgehead atoms. The average molecular weight is 453 g/mol. The Balaban J connectivity index is 1.12. The molecule has 1 aliphatic carbocycles. The number of halogens is 1. The standard InChI is InChI=1S/C23H21ClN4O4/c24-15-1-2-17(20-11-26-13-31-20)14(7-15)12-30-16-8-23(9-16)22(29)28-19(3-4-21(28)32-23)18-10-25-5-6-27-18/h1-2,5-7,10-11,13,16,19,21H,3-4,8-9,12H2/t16?,19-,21?,23?/m0/s1. The summed E-state index contributed by atoms with van der Waals surface area (Å²) < 4.78 is 17.8. The summed E-state index contributed by atoms with van der Waals surface area (Å²) in [6.45, 7) is 0.362. The Morgan fingerprint density at radius 2 is 2.09 bits per heavy atom. The lowest BCUT2D eigenvalue weighted by Gasteiger charge is -2.42. The molecule has 1 saturated carbocycles. The van der Waals surface area contributed by atoms with Crippen LogP contribution in [0, 0.1) is 0 Å². The van der Waals surface area contributed by atoms with Crippen LogP contribution >= 0.6 is 11.6 Å². The van der Waals surface area contributed by atoms with E-state index in [1.54, 1.807) is 24.8 Å². The highest BCUT2D eigenvalue weighted by molar-refractivity contribution is 6.30. The van der Waals surface area contributed by atoms with E-state index in [9.17, 15) is 4.79 Å². The van der Waals surface area contributed by atoms with Crippen molar-refractivity contribution in [2.24, 2.45) is 0 Å². The number of aromatic nitrogens is 3. The van der Waals surface area contributed by atoms with Crippen LogP contribution in [0.3, 0.4) is 0 Å². The van der Waals surface area contributed by atoms with Gasteiger partial charge in [-0.15, -0.1) is 0 Å². The fourth-order valence-electron chi connectivity index (χ4n) is 5.03. The lowest BCUT2D eigenvalue weighted by molar-refractivity contribution is -0.177. The summed E-state index contributed by atoms with van der Waals surface area (Å²) in [5.74, 6) is 0.705. The number of carbonyl (C=O) groups excluding carboxylic acids is 1. The Morgan fingerprint density at radius 3 is 2.88 bits per heavy atom. The Kier molecular flexibility index (Phi) is 4.74. The molecule has 3 aliphatic rings. The summed E-state index contributed by atoms with van der Waals surface area (Å²) in [4.78, 5) is 27.7. The molecule has 9 heteroatoms. The summed E-state index contributed by atoms with van der Waals surface area (Å²) in [5.41, 5.74) is 1.84. The zero-order chi connectivity index (χ0) is 21.7. The number of oxazole rings is 1. The van der Waals surface area contributed by atoms with Crippen molar-refractivity contribution < 1.29 is 18.7 Å². The lowest BCUT2D eigenvalue weighted by Crippen LogP contribution is -2.54. The quantitative estimate of drug-likeness (QED) is 0.579. The molecule has 32 heavy (non-hydrogen) atoms. The van der Waals surface area contributed by atoms with E-state index in [1.807, 2.05) is 23.1 Å². The van der Waals surface area contributed by atoms with Gasteiger partial charge in [-0.2, -0.15) is 0 Å². The smallest absolute Gasteiger partial charge is 0.257 e. The van der Waals surface area contributed by atoms with Crippen LogP contribution in [0.15, 0.2) is 53.8 Å². The van der Waals surface area contributed by atoms with Crippen LogP contribution in [0.1, 0.15) is 43.0 Å². The number of carbonyl (C=O) groups is 1. The molecule has 3 fully saturated rings. The summed E-state index contributed by atoms with van der Waals surface area (Å²) in [7, 11) is 0. The van der Waals surface area contributed by atoms with E-state index in [0.29, 0.717) is 30.2 Å². The first kappa shape index (κ1) is 19.8. The van der Waals surface area contributed by atoms with Crippen LogP contribution in [0.4, 0.5) is 0 Å². The van der Waals surface area contributed by atoms with Crippen molar-refractivity contribution in [2.75, 3.05) is 0 Å². The van der Waals surface area contributed by atoms with Gasteiger partial charge < -0.3 is 18.8 Å². The van der Waals surface area contributed by atoms with Gasteiger partial charge in [0.2, 0.25) is 0 Å². The highest BCUT2D eigenvalue weighted by atomic mass is 35.5. The molecule has 4 heterocycles. The SMILES string of the molecule is O=C1N2C(CC[C@H]2c2cnccn2)OC12CC(OCc1cc(Cl)ccc1-c1cnco1)C2. The largest absolute Gasteiger partial charge is 0.444 e. The number of hydrogen-bond acceptors (Lipinski definition) is 7. The number of ether oxygens (including phenoxy) is 2.